The van der Waals surface area contributed by atoms with Gasteiger partial charge >= 0.3 is 6.18 Å². The molecular formula is C16H19F3N2O3. The SMILES string of the molecule is Cc1cccc(OCCNC(=O)C2CC(=O)N(CC(F)(F)F)C2)c1. The highest BCUT2D eigenvalue weighted by Crippen LogP contribution is 2.23. The standard InChI is InChI=1S/C16H19F3N2O3/c1-11-3-2-4-13(7-11)24-6-5-20-15(23)12-8-14(22)21(9-12)10-16(17,18)19/h2-4,7,12H,5-6,8-10H2,1H3,(H,20,23). The first kappa shape index (κ1) is 18.1. The number of hydrogen-bond acceptors (Lipinski definition) is 3. The van der Waals surface area contributed by atoms with E-state index in [1.807, 2.05) is 25.1 Å². The molecule has 1 unspecified atom stereocenters. The zero-order valence-corrected chi connectivity index (χ0v) is 13.2. The molecule has 1 N–H and O–H groups in total. The molecule has 5 nitrogen and oxygen atoms in total. The third-order valence-electron chi connectivity index (χ3n) is 3.61. The predicted octanol–water partition coefficient (Wildman–Crippen LogP) is 1.90. The quantitative estimate of drug-likeness (QED) is 0.802. The average molecular weight is 344 g/mol. The lowest BCUT2D eigenvalue weighted by Gasteiger charge is -2.18. The van der Waals surface area contributed by atoms with Crippen LogP contribution in [0.1, 0.15) is 12.0 Å². The molecule has 0 aromatic heterocycles. The Hall–Kier alpha value is -2.25. The summed E-state index contributed by atoms with van der Waals surface area (Å²) in [5.74, 6) is -1.15. The molecule has 132 valence electrons. The van der Waals surface area contributed by atoms with E-state index in [2.05, 4.69) is 5.32 Å². The minimum atomic E-state index is -4.46. The van der Waals surface area contributed by atoms with Crippen LogP contribution < -0.4 is 10.1 Å². The van der Waals surface area contributed by atoms with Crippen molar-refractivity contribution in [2.75, 3.05) is 26.2 Å². The number of alkyl halides is 3. The summed E-state index contributed by atoms with van der Waals surface area (Å²) in [5.41, 5.74) is 1.05. The van der Waals surface area contributed by atoms with Crippen molar-refractivity contribution in [2.24, 2.45) is 5.92 Å². The van der Waals surface area contributed by atoms with Crippen LogP contribution in [0.3, 0.4) is 0 Å². The normalized spacial score (nSPS) is 17.9. The summed E-state index contributed by atoms with van der Waals surface area (Å²) < 4.78 is 42.5. The smallest absolute Gasteiger partial charge is 0.406 e. The van der Waals surface area contributed by atoms with E-state index < -0.39 is 30.5 Å². The Morgan fingerprint density at radius 3 is 2.83 bits per heavy atom. The van der Waals surface area contributed by atoms with Gasteiger partial charge in [0.05, 0.1) is 12.5 Å². The third-order valence-corrected chi connectivity index (χ3v) is 3.61. The molecule has 0 bridgehead atoms. The van der Waals surface area contributed by atoms with Crippen LogP contribution in [0.25, 0.3) is 0 Å². The van der Waals surface area contributed by atoms with E-state index in [0.29, 0.717) is 10.6 Å². The topological polar surface area (TPSA) is 58.6 Å². The second-order valence-electron chi connectivity index (χ2n) is 5.75. The van der Waals surface area contributed by atoms with Crippen LogP contribution in [0.4, 0.5) is 13.2 Å². The Morgan fingerprint density at radius 2 is 2.17 bits per heavy atom. The number of likely N-dealkylation sites (tertiary alicyclic amines) is 1. The number of nitrogens with one attached hydrogen (secondary N) is 1. The summed E-state index contributed by atoms with van der Waals surface area (Å²) in [4.78, 5) is 24.1. The first-order valence-corrected chi connectivity index (χ1v) is 7.56. The molecule has 24 heavy (non-hydrogen) atoms. The lowest BCUT2D eigenvalue weighted by Crippen LogP contribution is -2.38. The van der Waals surface area contributed by atoms with Crippen molar-refractivity contribution in [1.82, 2.24) is 10.2 Å². The Morgan fingerprint density at radius 1 is 1.42 bits per heavy atom. The fourth-order valence-electron chi connectivity index (χ4n) is 2.51. The molecule has 0 spiro atoms. The summed E-state index contributed by atoms with van der Waals surface area (Å²) >= 11 is 0. The second-order valence-corrected chi connectivity index (χ2v) is 5.75. The highest BCUT2D eigenvalue weighted by molar-refractivity contribution is 5.89. The number of carbonyl (C=O) groups excluding carboxylic acids is 2. The van der Waals surface area contributed by atoms with Crippen molar-refractivity contribution >= 4 is 11.8 Å². The lowest BCUT2D eigenvalue weighted by atomic mass is 10.1. The van der Waals surface area contributed by atoms with E-state index in [0.717, 1.165) is 5.56 Å². The number of halogens is 3. The van der Waals surface area contributed by atoms with Crippen molar-refractivity contribution in [3.8, 4) is 5.75 Å². The van der Waals surface area contributed by atoms with Crippen molar-refractivity contribution in [2.45, 2.75) is 19.5 Å². The lowest BCUT2D eigenvalue weighted by molar-refractivity contribution is -0.157. The van der Waals surface area contributed by atoms with Crippen molar-refractivity contribution in [3.63, 3.8) is 0 Å². The van der Waals surface area contributed by atoms with Gasteiger partial charge in [-0.1, -0.05) is 12.1 Å². The molecule has 1 aliphatic rings. The van der Waals surface area contributed by atoms with Gasteiger partial charge < -0.3 is 15.0 Å². The molecule has 8 heteroatoms. The van der Waals surface area contributed by atoms with Crippen LogP contribution in [-0.2, 0) is 9.59 Å². The first-order chi connectivity index (χ1) is 11.2. The molecule has 0 saturated carbocycles. The fourth-order valence-corrected chi connectivity index (χ4v) is 2.51. The summed E-state index contributed by atoms with van der Waals surface area (Å²) in [6.45, 7) is 0.867. The van der Waals surface area contributed by atoms with Crippen LogP contribution in [0, 0.1) is 12.8 Å². The zero-order chi connectivity index (χ0) is 17.7. The molecule has 1 aromatic carbocycles. The predicted molar refractivity (Wildman–Crippen MR) is 80.4 cm³/mol. The number of aryl methyl sites for hydroxylation is 1. The summed E-state index contributed by atoms with van der Waals surface area (Å²) in [6, 6.07) is 7.42. The van der Waals surface area contributed by atoms with E-state index >= 15 is 0 Å². The average Bonchev–Trinajstić information content (AvgIpc) is 2.83. The Bertz CT molecular complexity index is 604. The van der Waals surface area contributed by atoms with E-state index in [-0.39, 0.29) is 26.1 Å². The van der Waals surface area contributed by atoms with Gasteiger partial charge in [0.25, 0.3) is 0 Å². The van der Waals surface area contributed by atoms with Gasteiger partial charge in [-0.3, -0.25) is 9.59 Å². The second kappa shape index (κ2) is 7.55. The maximum Gasteiger partial charge on any atom is 0.406 e. The molecule has 0 radical (unpaired) electrons. The Kier molecular flexibility index (Phi) is 5.69. The number of amides is 2. The number of carbonyl (C=O) groups is 2. The summed E-state index contributed by atoms with van der Waals surface area (Å²) in [5, 5.41) is 2.59. The largest absolute Gasteiger partial charge is 0.492 e. The Labute approximate surface area is 137 Å². The monoisotopic (exact) mass is 344 g/mol. The van der Waals surface area contributed by atoms with Gasteiger partial charge in [0.1, 0.15) is 18.9 Å². The summed E-state index contributed by atoms with van der Waals surface area (Å²) in [7, 11) is 0. The van der Waals surface area contributed by atoms with Crippen LogP contribution >= 0.6 is 0 Å². The van der Waals surface area contributed by atoms with Gasteiger partial charge in [0.2, 0.25) is 11.8 Å². The number of benzene rings is 1. The zero-order valence-electron chi connectivity index (χ0n) is 13.2. The first-order valence-electron chi connectivity index (χ1n) is 7.56. The molecule has 1 heterocycles. The minimum Gasteiger partial charge on any atom is -0.492 e. The van der Waals surface area contributed by atoms with Crippen LogP contribution in [0.15, 0.2) is 24.3 Å². The molecule has 1 aromatic rings. The van der Waals surface area contributed by atoms with Gasteiger partial charge in [-0.25, -0.2) is 0 Å². The van der Waals surface area contributed by atoms with E-state index in [1.54, 1.807) is 6.07 Å². The third kappa shape index (κ3) is 5.43. The van der Waals surface area contributed by atoms with Crippen molar-refractivity contribution < 1.29 is 27.5 Å². The van der Waals surface area contributed by atoms with Crippen LogP contribution in [-0.4, -0.2) is 49.1 Å². The van der Waals surface area contributed by atoms with Gasteiger partial charge in [-0.05, 0) is 24.6 Å². The van der Waals surface area contributed by atoms with Crippen LogP contribution in [0.2, 0.25) is 0 Å². The number of ether oxygens (including phenoxy) is 1. The maximum atomic E-state index is 12.3. The van der Waals surface area contributed by atoms with Gasteiger partial charge in [0, 0.05) is 13.0 Å². The molecule has 1 saturated heterocycles. The molecule has 2 rings (SSSR count). The van der Waals surface area contributed by atoms with Crippen molar-refractivity contribution in [3.05, 3.63) is 29.8 Å². The maximum absolute atomic E-state index is 12.3. The molecule has 0 aliphatic carbocycles. The number of rotatable bonds is 6. The van der Waals surface area contributed by atoms with Gasteiger partial charge in [0.15, 0.2) is 0 Å². The van der Waals surface area contributed by atoms with E-state index in [4.69, 9.17) is 4.74 Å². The van der Waals surface area contributed by atoms with Crippen LogP contribution in [0.5, 0.6) is 5.75 Å². The van der Waals surface area contributed by atoms with Gasteiger partial charge in [-0.2, -0.15) is 13.2 Å². The molecule has 1 atom stereocenters. The molecule has 1 fully saturated rings. The number of hydrogen-bond donors (Lipinski definition) is 1. The highest BCUT2D eigenvalue weighted by Gasteiger charge is 2.40. The minimum absolute atomic E-state index is 0.194. The van der Waals surface area contributed by atoms with Gasteiger partial charge in [-0.15, -0.1) is 0 Å². The van der Waals surface area contributed by atoms with Crippen molar-refractivity contribution in [1.29, 1.82) is 0 Å². The molecular weight excluding hydrogens is 325 g/mol. The molecule has 1 aliphatic heterocycles. The fraction of sp³-hybridized carbons (Fsp3) is 0.500. The number of nitrogens with zero attached hydrogens (tertiary/aromatic N) is 1. The highest BCUT2D eigenvalue weighted by atomic mass is 19.4. The van der Waals surface area contributed by atoms with E-state index in [1.165, 1.54) is 0 Å². The summed E-state index contributed by atoms with van der Waals surface area (Å²) in [6.07, 6.45) is -4.65. The van der Waals surface area contributed by atoms with E-state index in [9.17, 15) is 22.8 Å². The Balaban J connectivity index is 1.72. The molecule has 2 amide bonds.